The number of carbonyl (C=O) groups excluding carboxylic acids is 1. The summed E-state index contributed by atoms with van der Waals surface area (Å²) < 4.78 is 0. The molecule has 0 spiro atoms. The molecular weight excluding hydrogens is 348 g/mol. The molecule has 0 bridgehead atoms. The molecule has 0 aliphatic heterocycles. The molecule has 3 N–H and O–H groups in total. The van der Waals surface area contributed by atoms with Crippen LogP contribution in [0.3, 0.4) is 0 Å². The topological polar surface area (TPSA) is 91.8 Å². The monoisotopic (exact) mass is 368 g/mol. The first-order valence-corrected chi connectivity index (χ1v) is 8.96. The molecule has 0 aliphatic rings. The Balaban J connectivity index is 1.74. The van der Waals surface area contributed by atoms with Gasteiger partial charge >= 0.3 is 0 Å². The summed E-state index contributed by atoms with van der Waals surface area (Å²) in [4.78, 5) is 25.3. The second-order valence-electron chi connectivity index (χ2n) is 5.68. The maximum atomic E-state index is 11.0. The molecule has 0 saturated carbocycles. The van der Waals surface area contributed by atoms with Gasteiger partial charge in [-0.05, 0) is 30.7 Å². The lowest BCUT2D eigenvalue weighted by atomic mass is 10.2. The highest BCUT2D eigenvalue weighted by atomic mass is 32.1. The lowest BCUT2D eigenvalue weighted by molar-refractivity contribution is -0.119. The third-order valence-electron chi connectivity index (χ3n) is 3.65. The van der Waals surface area contributed by atoms with E-state index in [9.17, 15) is 4.79 Å². The first-order chi connectivity index (χ1) is 12.5. The van der Waals surface area contributed by atoms with E-state index < -0.39 is 0 Å². The number of anilines is 3. The molecule has 3 aromatic rings. The van der Waals surface area contributed by atoms with E-state index in [0.717, 1.165) is 32.6 Å². The average Bonchev–Trinajstić information content (AvgIpc) is 3.02. The van der Waals surface area contributed by atoms with Crippen LogP contribution < -0.4 is 16.0 Å². The van der Waals surface area contributed by atoms with Gasteiger partial charge < -0.3 is 16.0 Å². The molecule has 0 fully saturated rings. The number of carbonyl (C=O) groups is 1. The largest absolute Gasteiger partial charge is 0.365 e. The normalized spacial score (nSPS) is 10.4. The Hall–Kier alpha value is -3.00. The predicted octanol–water partition coefficient (Wildman–Crippen LogP) is 3.33. The Morgan fingerprint density at radius 1 is 1.15 bits per heavy atom. The highest BCUT2D eigenvalue weighted by Gasteiger charge is 2.11. The van der Waals surface area contributed by atoms with Crippen LogP contribution in [-0.4, -0.2) is 27.9 Å². The third-order valence-corrected chi connectivity index (χ3v) is 4.85. The van der Waals surface area contributed by atoms with Crippen LogP contribution in [0.2, 0.25) is 0 Å². The molecule has 0 atom stereocenters. The molecule has 3 rings (SSSR count). The molecule has 0 unspecified atom stereocenters. The number of nitrogens with one attached hydrogen (secondary N) is 3. The maximum absolute atomic E-state index is 11.0. The first-order valence-electron chi connectivity index (χ1n) is 8.14. The molecule has 2 aromatic heterocycles. The SMILES string of the molecule is CNc1nc(C)c(-c2ccnc(Nc3ccc(CNC(C)=O)cc3)n2)s1. The van der Waals surface area contributed by atoms with Crippen LogP contribution in [0.15, 0.2) is 36.5 Å². The zero-order valence-corrected chi connectivity index (χ0v) is 15.6. The van der Waals surface area contributed by atoms with Gasteiger partial charge in [-0.15, -0.1) is 0 Å². The minimum absolute atomic E-state index is 0.0443. The summed E-state index contributed by atoms with van der Waals surface area (Å²) in [6.07, 6.45) is 1.73. The first kappa shape index (κ1) is 17.8. The van der Waals surface area contributed by atoms with Gasteiger partial charge in [0.15, 0.2) is 5.13 Å². The van der Waals surface area contributed by atoms with E-state index in [1.165, 1.54) is 6.92 Å². The minimum atomic E-state index is -0.0443. The van der Waals surface area contributed by atoms with Gasteiger partial charge in [-0.1, -0.05) is 23.5 Å². The van der Waals surface area contributed by atoms with Gasteiger partial charge in [0, 0.05) is 32.4 Å². The number of aryl methyl sites for hydroxylation is 1. The standard InChI is InChI=1S/C18H20N6OS/c1-11-16(26-18(19-3)22-11)15-8-9-20-17(24-15)23-14-6-4-13(5-7-14)10-21-12(2)25/h4-9H,10H2,1-3H3,(H,19,22)(H,21,25)(H,20,23,24). The number of nitrogens with zero attached hydrogens (tertiary/aromatic N) is 3. The molecule has 26 heavy (non-hydrogen) atoms. The van der Waals surface area contributed by atoms with Crippen LogP contribution in [0.1, 0.15) is 18.2 Å². The zero-order valence-electron chi connectivity index (χ0n) is 14.8. The van der Waals surface area contributed by atoms with Crippen molar-refractivity contribution in [3.63, 3.8) is 0 Å². The van der Waals surface area contributed by atoms with Crippen molar-refractivity contribution in [2.75, 3.05) is 17.7 Å². The van der Waals surface area contributed by atoms with Crippen molar-refractivity contribution in [2.45, 2.75) is 20.4 Å². The lowest BCUT2D eigenvalue weighted by Crippen LogP contribution is -2.18. The van der Waals surface area contributed by atoms with Crippen molar-refractivity contribution in [2.24, 2.45) is 0 Å². The summed E-state index contributed by atoms with van der Waals surface area (Å²) in [6, 6.07) is 9.65. The molecule has 0 saturated heterocycles. The van der Waals surface area contributed by atoms with E-state index in [4.69, 9.17) is 0 Å². The van der Waals surface area contributed by atoms with Gasteiger partial charge in [0.1, 0.15) is 0 Å². The van der Waals surface area contributed by atoms with E-state index in [-0.39, 0.29) is 5.91 Å². The van der Waals surface area contributed by atoms with Gasteiger partial charge in [0.05, 0.1) is 16.3 Å². The highest BCUT2D eigenvalue weighted by Crippen LogP contribution is 2.31. The number of hydrogen-bond acceptors (Lipinski definition) is 7. The predicted molar refractivity (Wildman–Crippen MR) is 105 cm³/mol. The number of rotatable bonds is 6. The summed E-state index contributed by atoms with van der Waals surface area (Å²) in [6.45, 7) is 3.99. The third kappa shape index (κ3) is 4.34. The van der Waals surface area contributed by atoms with E-state index in [1.54, 1.807) is 17.5 Å². The molecule has 1 amide bonds. The molecule has 1 aromatic carbocycles. The molecule has 0 radical (unpaired) electrons. The second kappa shape index (κ2) is 7.92. The van der Waals surface area contributed by atoms with Gasteiger partial charge in [-0.25, -0.2) is 15.0 Å². The average molecular weight is 368 g/mol. The number of thiazole rings is 1. The van der Waals surface area contributed by atoms with E-state index >= 15 is 0 Å². The quantitative estimate of drug-likeness (QED) is 0.618. The number of amides is 1. The molecule has 134 valence electrons. The van der Waals surface area contributed by atoms with Gasteiger partial charge in [-0.3, -0.25) is 4.79 Å². The fourth-order valence-electron chi connectivity index (χ4n) is 2.35. The molecule has 8 heteroatoms. The van der Waals surface area contributed by atoms with Crippen molar-refractivity contribution >= 4 is 34.0 Å². The van der Waals surface area contributed by atoms with E-state index in [2.05, 4.69) is 30.9 Å². The minimum Gasteiger partial charge on any atom is -0.365 e. The van der Waals surface area contributed by atoms with Crippen molar-refractivity contribution in [3.8, 4) is 10.6 Å². The number of benzene rings is 1. The fraction of sp³-hybridized carbons (Fsp3) is 0.222. The van der Waals surface area contributed by atoms with Gasteiger partial charge in [-0.2, -0.15) is 0 Å². The Labute approximate surface area is 155 Å². The maximum Gasteiger partial charge on any atom is 0.227 e. The molecule has 2 heterocycles. The fourth-order valence-corrected chi connectivity index (χ4v) is 3.24. The summed E-state index contributed by atoms with van der Waals surface area (Å²) in [5.41, 5.74) is 3.68. The number of hydrogen-bond donors (Lipinski definition) is 3. The Morgan fingerprint density at radius 2 is 1.92 bits per heavy atom. The van der Waals surface area contributed by atoms with Crippen molar-refractivity contribution in [3.05, 3.63) is 47.8 Å². The summed E-state index contributed by atoms with van der Waals surface area (Å²) in [7, 11) is 1.85. The second-order valence-corrected chi connectivity index (χ2v) is 6.68. The van der Waals surface area contributed by atoms with Crippen LogP contribution in [0.25, 0.3) is 10.6 Å². The van der Waals surface area contributed by atoms with Crippen LogP contribution in [0, 0.1) is 6.92 Å². The van der Waals surface area contributed by atoms with Crippen molar-refractivity contribution < 1.29 is 4.79 Å². The Morgan fingerprint density at radius 3 is 2.58 bits per heavy atom. The Kier molecular flexibility index (Phi) is 5.43. The van der Waals surface area contributed by atoms with Crippen LogP contribution in [0.5, 0.6) is 0 Å². The summed E-state index contributed by atoms with van der Waals surface area (Å²) in [5, 5.41) is 9.90. The highest BCUT2D eigenvalue weighted by molar-refractivity contribution is 7.19. The lowest BCUT2D eigenvalue weighted by Gasteiger charge is -2.07. The zero-order chi connectivity index (χ0) is 18.5. The van der Waals surface area contributed by atoms with Crippen molar-refractivity contribution in [1.29, 1.82) is 0 Å². The van der Waals surface area contributed by atoms with Crippen LogP contribution in [0.4, 0.5) is 16.8 Å². The van der Waals surface area contributed by atoms with Gasteiger partial charge in [0.2, 0.25) is 11.9 Å². The molecule has 7 nitrogen and oxygen atoms in total. The van der Waals surface area contributed by atoms with Crippen molar-refractivity contribution in [1.82, 2.24) is 20.3 Å². The number of aromatic nitrogens is 3. The summed E-state index contributed by atoms with van der Waals surface area (Å²) >= 11 is 1.56. The van der Waals surface area contributed by atoms with E-state index in [0.29, 0.717) is 12.5 Å². The van der Waals surface area contributed by atoms with Crippen LogP contribution in [-0.2, 0) is 11.3 Å². The molecular formula is C18H20N6OS. The Bertz CT molecular complexity index is 906. The smallest absolute Gasteiger partial charge is 0.227 e. The summed E-state index contributed by atoms with van der Waals surface area (Å²) in [5.74, 6) is 0.480. The van der Waals surface area contributed by atoms with E-state index in [1.807, 2.05) is 44.3 Å². The van der Waals surface area contributed by atoms with Gasteiger partial charge in [0.25, 0.3) is 0 Å². The molecule has 0 aliphatic carbocycles. The van der Waals surface area contributed by atoms with Crippen LogP contribution >= 0.6 is 11.3 Å².